The number of phosphoric ester groups is 1. The number of fused-ring (bicyclic) bond motifs is 1. The van der Waals surface area contributed by atoms with Crippen LogP contribution in [0.4, 0.5) is 0 Å². The monoisotopic (exact) mass is 381 g/mol. The van der Waals surface area contributed by atoms with Gasteiger partial charge in [-0.25, -0.2) is 4.57 Å². The van der Waals surface area contributed by atoms with E-state index >= 15 is 0 Å². The van der Waals surface area contributed by atoms with Crippen molar-refractivity contribution in [1.29, 1.82) is 0 Å². The van der Waals surface area contributed by atoms with Gasteiger partial charge in [0.1, 0.15) is 0 Å². The van der Waals surface area contributed by atoms with Crippen LogP contribution in [0, 0.1) is 5.92 Å². The lowest BCUT2D eigenvalue weighted by Gasteiger charge is -2.26. The van der Waals surface area contributed by atoms with Crippen molar-refractivity contribution in [2.24, 2.45) is 11.7 Å². The van der Waals surface area contributed by atoms with Gasteiger partial charge in [-0.1, -0.05) is 44.4 Å². The topological polar surface area (TPSA) is 92.8 Å². The summed E-state index contributed by atoms with van der Waals surface area (Å²) < 4.78 is 15.6. The maximum atomic E-state index is 11.0. The van der Waals surface area contributed by atoms with Gasteiger partial charge in [-0.2, -0.15) is 0 Å². The van der Waals surface area contributed by atoms with Crippen molar-refractivity contribution in [2.75, 3.05) is 6.61 Å². The lowest BCUT2D eigenvalue weighted by Crippen LogP contribution is -2.41. The Balaban J connectivity index is 1.62. The second kappa shape index (κ2) is 8.12. The molecule has 0 radical (unpaired) electrons. The van der Waals surface area contributed by atoms with Crippen LogP contribution in [0.15, 0.2) is 18.2 Å². The summed E-state index contributed by atoms with van der Waals surface area (Å²) in [6.07, 6.45) is 9.99. The highest BCUT2D eigenvalue weighted by atomic mass is 31.2. The molecule has 1 saturated carbocycles. The minimum atomic E-state index is -4.46. The van der Waals surface area contributed by atoms with Gasteiger partial charge in [0.05, 0.1) is 6.61 Å². The molecule has 3 rings (SSSR count). The third-order valence-electron chi connectivity index (χ3n) is 6.16. The van der Waals surface area contributed by atoms with E-state index in [1.807, 2.05) is 0 Å². The molecule has 26 heavy (non-hydrogen) atoms. The van der Waals surface area contributed by atoms with Gasteiger partial charge >= 0.3 is 7.82 Å². The SMILES string of the molecule is CCCCC1CCc2cc([C@H]3CC[C@](N)(COP(=O)(O)O)C3)ccc2C1. The summed E-state index contributed by atoms with van der Waals surface area (Å²) in [7, 11) is -4.46. The largest absolute Gasteiger partial charge is 0.469 e. The van der Waals surface area contributed by atoms with Crippen molar-refractivity contribution in [3.8, 4) is 0 Å². The molecule has 0 spiro atoms. The van der Waals surface area contributed by atoms with Crippen LogP contribution in [0.5, 0.6) is 0 Å². The second-order valence-electron chi connectivity index (χ2n) is 8.35. The van der Waals surface area contributed by atoms with Gasteiger partial charge < -0.3 is 15.5 Å². The molecule has 0 saturated heterocycles. The predicted octanol–water partition coefficient (Wildman–Crippen LogP) is 4.06. The number of hydrogen-bond donors (Lipinski definition) is 3. The molecule has 3 atom stereocenters. The van der Waals surface area contributed by atoms with Crippen molar-refractivity contribution in [3.63, 3.8) is 0 Å². The molecule has 1 fully saturated rings. The number of hydrogen-bond acceptors (Lipinski definition) is 3. The van der Waals surface area contributed by atoms with E-state index in [4.69, 9.17) is 15.5 Å². The maximum absolute atomic E-state index is 11.0. The first-order valence-corrected chi connectivity index (χ1v) is 11.4. The summed E-state index contributed by atoms with van der Waals surface area (Å²) in [4.78, 5) is 17.8. The Hall–Kier alpha value is -0.710. The smallest absolute Gasteiger partial charge is 0.323 e. The van der Waals surface area contributed by atoms with Crippen molar-refractivity contribution in [3.05, 3.63) is 34.9 Å². The van der Waals surface area contributed by atoms with Crippen LogP contribution in [0.25, 0.3) is 0 Å². The molecule has 1 aromatic carbocycles. The molecule has 0 amide bonds. The number of phosphoric acid groups is 1. The van der Waals surface area contributed by atoms with E-state index in [0.29, 0.717) is 12.3 Å². The van der Waals surface area contributed by atoms with Crippen LogP contribution in [-0.4, -0.2) is 21.9 Å². The molecule has 146 valence electrons. The van der Waals surface area contributed by atoms with E-state index in [1.165, 1.54) is 55.2 Å². The molecule has 0 aliphatic heterocycles. The maximum Gasteiger partial charge on any atom is 0.469 e. The van der Waals surface area contributed by atoms with Crippen molar-refractivity contribution in [2.45, 2.75) is 76.2 Å². The summed E-state index contributed by atoms with van der Waals surface area (Å²) in [6.45, 7) is 2.17. The van der Waals surface area contributed by atoms with Gasteiger partial charge in [-0.05, 0) is 67.1 Å². The third kappa shape index (κ3) is 5.17. The zero-order valence-corrected chi connectivity index (χ0v) is 16.6. The van der Waals surface area contributed by atoms with Gasteiger partial charge in [0.2, 0.25) is 0 Å². The first kappa shape index (κ1) is 20.0. The highest BCUT2D eigenvalue weighted by molar-refractivity contribution is 7.46. The first-order chi connectivity index (χ1) is 12.3. The molecule has 2 aliphatic rings. The third-order valence-corrected chi connectivity index (χ3v) is 6.63. The fourth-order valence-corrected chi connectivity index (χ4v) is 5.05. The minimum Gasteiger partial charge on any atom is -0.323 e. The average molecular weight is 381 g/mol. The fourth-order valence-electron chi connectivity index (χ4n) is 4.63. The van der Waals surface area contributed by atoms with E-state index in [-0.39, 0.29) is 6.61 Å². The van der Waals surface area contributed by atoms with E-state index in [0.717, 1.165) is 18.8 Å². The molecular formula is C20H32NO4P. The quantitative estimate of drug-likeness (QED) is 0.620. The van der Waals surface area contributed by atoms with E-state index < -0.39 is 13.4 Å². The van der Waals surface area contributed by atoms with Crippen LogP contribution < -0.4 is 5.73 Å². The zero-order chi connectivity index (χ0) is 18.8. The number of rotatable bonds is 7. The Labute approximate surface area is 156 Å². The lowest BCUT2D eigenvalue weighted by atomic mass is 9.80. The summed E-state index contributed by atoms with van der Waals surface area (Å²) in [5.41, 5.74) is 9.99. The van der Waals surface area contributed by atoms with Crippen LogP contribution >= 0.6 is 7.82 Å². The summed E-state index contributed by atoms with van der Waals surface area (Å²) in [6, 6.07) is 6.89. The molecule has 2 aliphatic carbocycles. The molecule has 6 heteroatoms. The van der Waals surface area contributed by atoms with Gasteiger partial charge in [0, 0.05) is 5.54 Å². The Morgan fingerprint density at radius 1 is 1.31 bits per heavy atom. The standard InChI is InChI=1S/C20H32NO4P/c1-2-3-4-15-5-6-17-12-18(8-7-16(17)11-15)19-9-10-20(21,13-19)14-25-26(22,23)24/h7-8,12,15,19H,2-6,9-11,13-14,21H2,1H3,(H2,22,23,24)/t15?,19-,20+/m0/s1. The highest BCUT2D eigenvalue weighted by Crippen LogP contribution is 2.44. The highest BCUT2D eigenvalue weighted by Gasteiger charge is 2.38. The number of nitrogens with two attached hydrogens (primary N) is 1. The van der Waals surface area contributed by atoms with Crippen molar-refractivity contribution in [1.82, 2.24) is 0 Å². The van der Waals surface area contributed by atoms with Gasteiger partial charge in [-0.15, -0.1) is 0 Å². The van der Waals surface area contributed by atoms with Gasteiger partial charge in [0.15, 0.2) is 0 Å². The van der Waals surface area contributed by atoms with Gasteiger partial charge in [0.25, 0.3) is 0 Å². The Morgan fingerprint density at radius 2 is 2.12 bits per heavy atom. The Morgan fingerprint density at radius 3 is 2.85 bits per heavy atom. The van der Waals surface area contributed by atoms with Gasteiger partial charge in [-0.3, -0.25) is 4.52 Å². The molecule has 5 nitrogen and oxygen atoms in total. The predicted molar refractivity (Wildman–Crippen MR) is 103 cm³/mol. The minimum absolute atomic E-state index is 0.0855. The fraction of sp³-hybridized carbons (Fsp3) is 0.700. The number of aryl methyl sites for hydroxylation is 1. The first-order valence-electron chi connectivity index (χ1n) is 9.89. The summed E-state index contributed by atoms with van der Waals surface area (Å²) >= 11 is 0. The van der Waals surface area contributed by atoms with Crippen LogP contribution in [0.2, 0.25) is 0 Å². The molecule has 1 aromatic rings. The van der Waals surface area contributed by atoms with Crippen molar-refractivity contribution >= 4 is 7.82 Å². The summed E-state index contributed by atoms with van der Waals surface area (Å²) in [5.74, 6) is 1.18. The number of unbranched alkanes of at least 4 members (excludes halogenated alkanes) is 1. The molecule has 0 heterocycles. The van der Waals surface area contributed by atoms with E-state index in [1.54, 1.807) is 0 Å². The van der Waals surface area contributed by atoms with E-state index in [9.17, 15) is 4.57 Å². The number of benzene rings is 1. The second-order valence-corrected chi connectivity index (χ2v) is 9.58. The van der Waals surface area contributed by atoms with Crippen LogP contribution in [0.1, 0.15) is 74.5 Å². The molecule has 0 bridgehead atoms. The Kier molecular flexibility index (Phi) is 6.25. The molecule has 4 N–H and O–H groups in total. The lowest BCUT2D eigenvalue weighted by molar-refractivity contribution is 0.153. The van der Waals surface area contributed by atoms with E-state index in [2.05, 4.69) is 29.6 Å². The molecular weight excluding hydrogens is 349 g/mol. The van der Waals surface area contributed by atoms with Crippen LogP contribution in [0.3, 0.4) is 0 Å². The molecule has 0 aromatic heterocycles. The van der Waals surface area contributed by atoms with Crippen molar-refractivity contribution < 1.29 is 18.9 Å². The summed E-state index contributed by atoms with van der Waals surface area (Å²) in [5, 5.41) is 0. The average Bonchev–Trinajstić information content (AvgIpc) is 3.00. The normalized spacial score (nSPS) is 28.9. The van der Waals surface area contributed by atoms with Crippen LogP contribution in [-0.2, 0) is 21.9 Å². The Bertz CT molecular complexity index is 674. The molecule has 1 unspecified atom stereocenters. The zero-order valence-electron chi connectivity index (χ0n) is 15.7.